The monoisotopic (exact) mass is 468 g/mol. The quantitative estimate of drug-likeness (QED) is 0.345. The van der Waals surface area contributed by atoms with Gasteiger partial charge in [-0.05, 0) is 24.6 Å². The maximum atomic E-state index is 11.2. The van der Waals surface area contributed by atoms with Gasteiger partial charge in [0, 0.05) is 44.4 Å². The standard InChI is InChI=1S/C24H24N10O/c1-14-27-19(12-20(25)28-14)23-24(29-21-10-11-33(3)32-21)30-22-9-8-18(31-34(22)23)17-6-4-16(5-7-17)13-26-15(2)35/h4-12H,13H2,1-3H3,(H,26,35)(H,29,32)(H2,25,27,28). The van der Waals surface area contributed by atoms with Crippen molar-refractivity contribution in [2.75, 3.05) is 11.1 Å². The van der Waals surface area contributed by atoms with Crippen LogP contribution in [0.3, 0.4) is 0 Å². The fourth-order valence-corrected chi connectivity index (χ4v) is 3.74. The van der Waals surface area contributed by atoms with E-state index in [-0.39, 0.29) is 5.91 Å². The number of nitrogens with two attached hydrogens (primary N) is 1. The number of rotatable bonds is 6. The average Bonchev–Trinajstić information content (AvgIpc) is 3.39. The van der Waals surface area contributed by atoms with Crippen LogP contribution >= 0.6 is 0 Å². The fraction of sp³-hybridized carbons (Fsp3) is 0.167. The lowest BCUT2D eigenvalue weighted by Crippen LogP contribution is -2.18. The van der Waals surface area contributed by atoms with Crippen molar-refractivity contribution in [3.05, 3.63) is 66.1 Å². The van der Waals surface area contributed by atoms with E-state index in [9.17, 15) is 4.79 Å². The molecule has 4 aromatic heterocycles. The van der Waals surface area contributed by atoms with E-state index >= 15 is 0 Å². The zero-order valence-electron chi connectivity index (χ0n) is 19.5. The Kier molecular flexibility index (Phi) is 5.57. The normalized spacial score (nSPS) is 11.1. The van der Waals surface area contributed by atoms with Crippen molar-refractivity contribution in [2.45, 2.75) is 20.4 Å². The molecule has 35 heavy (non-hydrogen) atoms. The molecule has 176 valence electrons. The van der Waals surface area contributed by atoms with Crippen LogP contribution in [0.1, 0.15) is 18.3 Å². The van der Waals surface area contributed by atoms with E-state index in [1.165, 1.54) is 6.92 Å². The van der Waals surface area contributed by atoms with E-state index < -0.39 is 0 Å². The second-order valence-electron chi connectivity index (χ2n) is 8.13. The molecule has 11 nitrogen and oxygen atoms in total. The topological polar surface area (TPSA) is 141 Å². The molecular formula is C24H24N10O. The van der Waals surface area contributed by atoms with Gasteiger partial charge in [0.15, 0.2) is 17.3 Å². The van der Waals surface area contributed by atoms with E-state index in [0.29, 0.717) is 46.9 Å². The van der Waals surface area contributed by atoms with Gasteiger partial charge in [-0.1, -0.05) is 24.3 Å². The minimum atomic E-state index is -0.0652. The van der Waals surface area contributed by atoms with Crippen LogP contribution in [-0.4, -0.2) is 40.3 Å². The third-order valence-corrected chi connectivity index (χ3v) is 5.33. The van der Waals surface area contributed by atoms with Crippen LogP contribution in [0.2, 0.25) is 0 Å². The van der Waals surface area contributed by atoms with Crippen LogP contribution in [0, 0.1) is 6.92 Å². The van der Waals surface area contributed by atoms with E-state index in [0.717, 1.165) is 16.8 Å². The summed E-state index contributed by atoms with van der Waals surface area (Å²) in [5, 5.41) is 15.3. The molecule has 5 aromatic rings. The molecule has 0 aliphatic carbocycles. The maximum absolute atomic E-state index is 11.2. The third-order valence-electron chi connectivity index (χ3n) is 5.33. The average molecular weight is 469 g/mol. The number of nitrogens with one attached hydrogen (secondary N) is 2. The highest BCUT2D eigenvalue weighted by Gasteiger charge is 2.19. The lowest BCUT2D eigenvalue weighted by molar-refractivity contribution is -0.119. The SMILES string of the molecule is CC(=O)NCc1ccc(-c2ccc3nc(Nc4ccn(C)n4)c(-c4cc(N)nc(C)n4)n3n2)cc1. The van der Waals surface area contributed by atoms with Gasteiger partial charge in [-0.15, -0.1) is 0 Å². The first-order valence-electron chi connectivity index (χ1n) is 11.0. The Bertz CT molecular complexity index is 1510. The summed E-state index contributed by atoms with van der Waals surface area (Å²) in [6, 6.07) is 15.3. The minimum Gasteiger partial charge on any atom is -0.384 e. The summed E-state index contributed by atoms with van der Waals surface area (Å²) in [4.78, 5) is 24.7. The Morgan fingerprint density at radius 2 is 1.80 bits per heavy atom. The number of nitrogens with zero attached hydrogens (tertiary/aromatic N) is 7. The van der Waals surface area contributed by atoms with E-state index in [1.54, 1.807) is 22.2 Å². The summed E-state index contributed by atoms with van der Waals surface area (Å²) in [6.45, 7) is 3.76. The summed E-state index contributed by atoms with van der Waals surface area (Å²) in [5.74, 6) is 2.04. The van der Waals surface area contributed by atoms with E-state index in [2.05, 4.69) is 25.7 Å². The molecule has 0 fully saturated rings. The molecule has 5 rings (SSSR count). The molecular weight excluding hydrogens is 444 g/mol. The molecule has 0 radical (unpaired) electrons. The fourth-order valence-electron chi connectivity index (χ4n) is 3.74. The summed E-state index contributed by atoms with van der Waals surface area (Å²) in [5.41, 5.74) is 10.6. The van der Waals surface area contributed by atoms with Crippen LogP contribution in [0.4, 0.5) is 17.5 Å². The van der Waals surface area contributed by atoms with Crippen LogP contribution in [0.25, 0.3) is 28.3 Å². The number of fused-ring (bicyclic) bond motifs is 1. The van der Waals surface area contributed by atoms with E-state index in [4.69, 9.17) is 15.8 Å². The van der Waals surface area contributed by atoms with Crippen LogP contribution < -0.4 is 16.4 Å². The number of carbonyl (C=O) groups excluding carboxylic acids is 1. The Labute approximate surface area is 201 Å². The number of nitrogen functional groups attached to an aromatic ring is 1. The molecule has 0 aliphatic heterocycles. The zero-order valence-corrected chi connectivity index (χ0v) is 19.5. The van der Waals surface area contributed by atoms with Crippen molar-refractivity contribution in [2.24, 2.45) is 7.05 Å². The molecule has 0 atom stereocenters. The Balaban J connectivity index is 1.60. The van der Waals surface area contributed by atoms with E-state index in [1.807, 2.05) is 55.7 Å². The summed E-state index contributed by atoms with van der Waals surface area (Å²) in [7, 11) is 1.85. The molecule has 1 aromatic carbocycles. The number of carbonyl (C=O) groups is 1. The predicted octanol–water partition coefficient (Wildman–Crippen LogP) is 2.86. The van der Waals surface area contributed by atoms with Gasteiger partial charge in [-0.3, -0.25) is 9.48 Å². The van der Waals surface area contributed by atoms with Crippen LogP contribution in [-0.2, 0) is 18.4 Å². The van der Waals surface area contributed by atoms with Gasteiger partial charge < -0.3 is 16.4 Å². The third kappa shape index (κ3) is 4.64. The van der Waals surface area contributed by atoms with Crippen molar-refractivity contribution in [3.8, 4) is 22.6 Å². The lowest BCUT2D eigenvalue weighted by atomic mass is 10.1. The van der Waals surface area contributed by atoms with Gasteiger partial charge in [0.05, 0.1) is 11.4 Å². The number of benzene rings is 1. The van der Waals surface area contributed by atoms with Gasteiger partial charge in [-0.2, -0.15) is 10.2 Å². The first-order chi connectivity index (χ1) is 16.9. The first-order valence-corrected chi connectivity index (χ1v) is 11.0. The van der Waals surface area contributed by atoms with Crippen LogP contribution in [0.5, 0.6) is 0 Å². The lowest BCUT2D eigenvalue weighted by Gasteiger charge is -2.08. The van der Waals surface area contributed by atoms with Gasteiger partial charge >= 0.3 is 0 Å². The smallest absolute Gasteiger partial charge is 0.217 e. The number of aromatic nitrogens is 7. The predicted molar refractivity (Wildman–Crippen MR) is 133 cm³/mol. The molecule has 4 heterocycles. The second-order valence-corrected chi connectivity index (χ2v) is 8.13. The highest BCUT2D eigenvalue weighted by Crippen LogP contribution is 2.31. The molecule has 0 saturated heterocycles. The van der Waals surface area contributed by atoms with Gasteiger partial charge in [0.2, 0.25) is 5.91 Å². The minimum absolute atomic E-state index is 0.0652. The number of hydrogen-bond donors (Lipinski definition) is 3. The Morgan fingerprint density at radius 3 is 2.49 bits per heavy atom. The number of hydrogen-bond acceptors (Lipinski definition) is 8. The van der Waals surface area contributed by atoms with Crippen molar-refractivity contribution in [1.82, 2.24) is 39.7 Å². The van der Waals surface area contributed by atoms with Crippen molar-refractivity contribution in [1.29, 1.82) is 0 Å². The largest absolute Gasteiger partial charge is 0.384 e. The van der Waals surface area contributed by atoms with Crippen molar-refractivity contribution < 1.29 is 4.79 Å². The van der Waals surface area contributed by atoms with Gasteiger partial charge in [0.1, 0.15) is 17.3 Å². The molecule has 0 aliphatic rings. The molecule has 1 amide bonds. The van der Waals surface area contributed by atoms with Gasteiger partial charge in [-0.25, -0.2) is 19.5 Å². The number of anilines is 3. The summed E-state index contributed by atoms with van der Waals surface area (Å²) in [6.07, 6.45) is 1.84. The highest BCUT2D eigenvalue weighted by molar-refractivity contribution is 5.78. The Morgan fingerprint density at radius 1 is 1.00 bits per heavy atom. The highest BCUT2D eigenvalue weighted by atomic mass is 16.1. The van der Waals surface area contributed by atoms with Gasteiger partial charge in [0.25, 0.3) is 0 Å². The molecule has 0 saturated carbocycles. The summed E-state index contributed by atoms with van der Waals surface area (Å²) >= 11 is 0. The summed E-state index contributed by atoms with van der Waals surface area (Å²) < 4.78 is 3.45. The molecule has 0 unspecified atom stereocenters. The molecule has 4 N–H and O–H groups in total. The zero-order chi connectivity index (χ0) is 24.5. The second kappa shape index (κ2) is 8.86. The molecule has 11 heteroatoms. The molecule has 0 spiro atoms. The number of aryl methyl sites for hydroxylation is 2. The van der Waals surface area contributed by atoms with Crippen molar-refractivity contribution >= 4 is 29.0 Å². The maximum Gasteiger partial charge on any atom is 0.217 e. The molecule has 0 bridgehead atoms. The number of imidazole rings is 1. The van der Waals surface area contributed by atoms with Crippen molar-refractivity contribution in [3.63, 3.8) is 0 Å². The van der Waals surface area contributed by atoms with Crippen LogP contribution in [0.15, 0.2) is 54.7 Å². The number of amides is 1. The first kappa shape index (κ1) is 22.0. The Hall–Kier alpha value is -4.80.